The second-order valence-corrected chi connectivity index (χ2v) is 3.99. The van der Waals surface area contributed by atoms with E-state index in [1.165, 1.54) is 6.07 Å². The van der Waals surface area contributed by atoms with Gasteiger partial charge in [-0.05, 0) is 6.07 Å². The molecule has 1 aromatic carbocycles. The highest BCUT2D eigenvalue weighted by atomic mass is 32.2. The van der Waals surface area contributed by atoms with Crippen molar-refractivity contribution in [3.05, 3.63) is 35.6 Å². The molecule has 0 atom stereocenters. The molecule has 0 aliphatic carbocycles. The van der Waals surface area contributed by atoms with Gasteiger partial charge in [0.15, 0.2) is 0 Å². The smallest absolute Gasteiger partial charge is 0.129 e. The van der Waals surface area contributed by atoms with Crippen LogP contribution in [0.4, 0.5) is 4.39 Å². The van der Waals surface area contributed by atoms with Crippen LogP contribution in [0.15, 0.2) is 24.3 Å². The van der Waals surface area contributed by atoms with Crippen LogP contribution in [0, 0.1) is 5.82 Å². The summed E-state index contributed by atoms with van der Waals surface area (Å²) in [6.45, 7) is 0. The summed E-state index contributed by atoms with van der Waals surface area (Å²) in [7, 11) is 0. The van der Waals surface area contributed by atoms with Crippen molar-refractivity contribution in [1.29, 1.82) is 0 Å². The van der Waals surface area contributed by atoms with Crippen LogP contribution in [0.25, 0.3) is 0 Å². The van der Waals surface area contributed by atoms with Gasteiger partial charge in [0.1, 0.15) is 11.4 Å². The molecule has 1 fully saturated rings. The predicted molar refractivity (Wildman–Crippen MR) is 47.6 cm³/mol. The Balaban J connectivity index is 2.39. The third-order valence-corrected chi connectivity index (χ3v) is 3.42. The van der Waals surface area contributed by atoms with Gasteiger partial charge in [0.05, 0.1) is 0 Å². The molecule has 1 N–H and O–H groups in total. The first-order valence-electron chi connectivity index (χ1n) is 3.77. The minimum absolute atomic E-state index is 0.305. The SMILES string of the molecule is OC1(c2ccccc2F)CSC1. The first-order valence-corrected chi connectivity index (χ1v) is 4.93. The van der Waals surface area contributed by atoms with Gasteiger partial charge in [-0.1, -0.05) is 18.2 Å². The van der Waals surface area contributed by atoms with Gasteiger partial charge in [0, 0.05) is 17.1 Å². The predicted octanol–water partition coefficient (Wildman–Crippen LogP) is 1.76. The van der Waals surface area contributed by atoms with Gasteiger partial charge in [-0.2, -0.15) is 11.8 Å². The van der Waals surface area contributed by atoms with E-state index in [0.29, 0.717) is 17.1 Å². The fourth-order valence-corrected chi connectivity index (χ4v) is 2.19. The summed E-state index contributed by atoms with van der Waals surface area (Å²) >= 11 is 1.63. The molecule has 0 radical (unpaired) electrons. The molecule has 0 unspecified atom stereocenters. The summed E-state index contributed by atoms with van der Waals surface area (Å²) in [5, 5.41) is 9.80. The zero-order valence-corrected chi connectivity index (χ0v) is 7.27. The lowest BCUT2D eigenvalue weighted by Crippen LogP contribution is -2.40. The standard InChI is InChI=1S/C9H9FOS/c10-8-4-2-1-3-7(8)9(11)5-12-6-9/h1-4,11H,5-6H2. The van der Waals surface area contributed by atoms with Crippen LogP contribution < -0.4 is 0 Å². The van der Waals surface area contributed by atoms with E-state index in [4.69, 9.17) is 0 Å². The Morgan fingerprint density at radius 1 is 1.33 bits per heavy atom. The average Bonchev–Trinajstić information content (AvgIpc) is 2.01. The highest BCUT2D eigenvalue weighted by Gasteiger charge is 2.38. The van der Waals surface area contributed by atoms with E-state index in [-0.39, 0.29) is 5.82 Å². The molecule has 0 saturated carbocycles. The van der Waals surface area contributed by atoms with Crippen molar-refractivity contribution in [2.45, 2.75) is 5.60 Å². The monoisotopic (exact) mass is 184 g/mol. The Bertz CT molecular complexity index is 296. The van der Waals surface area contributed by atoms with Crippen molar-refractivity contribution in [3.63, 3.8) is 0 Å². The van der Waals surface area contributed by atoms with Crippen molar-refractivity contribution in [2.75, 3.05) is 11.5 Å². The van der Waals surface area contributed by atoms with Crippen molar-refractivity contribution in [2.24, 2.45) is 0 Å². The molecule has 3 heteroatoms. The first kappa shape index (κ1) is 8.08. The second kappa shape index (κ2) is 2.75. The number of rotatable bonds is 1. The zero-order chi connectivity index (χ0) is 8.60. The van der Waals surface area contributed by atoms with E-state index in [2.05, 4.69) is 0 Å². The van der Waals surface area contributed by atoms with Gasteiger partial charge in [-0.3, -0.25) is 0 Å². The maximum Gasteiger partial charge on any atom is 0.129 e. The lowest BCUT2D eigenvalue weighted by Gasteiger charge is -2.36. The van der Waals surface area contributed by atoms with Gasteiger partial charge in [0.2, 0.25) is 0 Å². The van der Waals surface area contributed by atoms with Crippen molar-refractivity contribution >= 4 is 11.8 Å². The largest absolute Gasteiger partial charge is 0.383 e. The molecule has 1 nitrogen and oxygen atoms in total. The molecule has 1 heterocycles. The molecule has 0 bridgehead atoms. The van der Waals surface area contributed by atoms with E-state index in [1.54, 1.807) is 30.0 Å². The molecule has 1 saturated heterocycles. The summed E-state index contributed by atoms with van der Waals surface area (Å²) in [6.07, 6.45) is 0. The van der Waals surface area contributed by atoms with Crippen molar-refractivity contribution < 1.29 is 9.50 Å². The number of hydrogen-bond acceptors (Lipinski definition) is 2. The van der Waals surface area contributed by atoms with E-state index in [0.717, 1.165) is 0 Å². The lowest BCUT2D eigenvalue weighted by atomic mass is 9.97. The minimum Gasteiger partial charge on any atom is -0.383 e. The van der Waals surface area contributed by atoms with Gasteiger partial charge in [0.25, 0.3) is 0 Å². The maximum absolute atomic E-state index is 13.1. The third-order valence-electron chi connectivity index (χ3n) is 2.06. The number of aliphatic hydroxyl groups is 1. The van der Waals surface area contributed by atoms with Crippen LogP contribution in [0.1, 0.15) is 5.56 Å². The second-order valence-electron chi connectivity index (χ2n) is 3.00. The molecule has 12 heavy (non-hydrogen) atoms. The normalized spacial score (nSPS) is 20.2. The maximum atomic E-state index is 13.1. The first-order chi connectivity index (χ1) is 5.72. The highest BCUT2D eigenvalue weighted by molar-refractivity contribution is 8.00. The zero-order valence-electron chi connectivity index (χ0n) is 6.46. The summed E-state index contributed by atoms with van der Waals surface area (Å²) in [5.74, 6) is 0.905. The van der Waals surface area contributed by atoms with Crippen molar-refractivity contribution in [1.82, 2.24) is 0 Å². The van der Waals surface area contributed by atoms with Crippen LogP contribution in [-0.2, 0) is 5.60 Å². The number of halogens is 1. The van der Waals surface area contributed by atoms with E-state index in [9.17, 15) is 9.50 Å². The van der Waals surface area contributed by atoms with Crippen LogP contribution >= 0.6 is 11.8 Å². The van der Waals surface area contributed by atoms with Crippen LogP contribution in [0.5, 0.6) is 0 Å². The Labute approximate surface area is 74.6 Å². The number of thioether (sulfide) groups is 1. The number of benzene rings is 1. The van der Waals surface area contributed by atoms with Crippen LogP contribution in [0.3, 0.4) is 0 Å². The van der Waals surface area contributed by atoms with Gasteiger partial charge in [-0.15, -0.1) is 0 Å². The number of hydrogen-bond donors (Lipinski definition) is 1. The van der Waals surface area contributed by atoms with E-state index in [1.807, 2.05) is 0 Å². The summed E-state index contributed by atoms with van der Waals surface area (Å²) in [6, 6.07) is 6.42. The molecule has 2 rings (SSSR count). The molecule has 1 aliphatic rings. The topological polar surface area (TPSA) is 20.2 Å². The molecular weight excluding hydrogens is 175 g/mol. The third kappa shape index (κ3) is 1.13. The molecule has 0 amide bonds. The van der Waals surface area contributed by atoms with E-state index < -0.39 is 5.60 Å². The van der Waals surface area contributed by atoms with Gasteiger partial charge in [-0.25, -0.2) is 4.39 Å². The molecule has 1 aromatic rings. The highest BCUT2D eigenvalue weighted by Crippen LogP contribution is 2.39. The molecular formula is C9H9FOS. The van der Waals surface area contributed by atoms with Gasteiger partial charge >= 0.3 is 0 Å². The van der Waals surface area contributed by atoms with E-state index >= 15 is 0 Å². The molecule has 0 spiro atoms. The Kier molecular flexibility index (Phi) is 1.85. The van der Waals surface area contributed by atoms with Crippen LogP contribution in [-0.4, -0.2) is 16.6 Å². The summed E-state index contributed by atoms with van der Waals surface area (Å²) in [4.78, 5) is 0. The molecule has 1 aliphatic heterocycles. The summed E-state index contributed by atoms with van der Waals surface area (Å²) < 4.78 is 13.1. The molecule has 0 aromatic heterocycles. The Morgan fingerprint density at radius 2 is 2.00 bits per heavy atom. The summed E-state index contributed by atoms with van der Waals surface area (Å²) in [5.41, 5.74) is -0.473. The van der Waals surface area contributed by atoms with Crippen LogP contribution in [0.2, 0.25) is 0 Å². The van der Waals surface area contributed by atoms with Gasteiger partial charge < -0.3 is 5.11 Å². The average molecular weight is 184 g/mol. The Morgan fingerprint density at radius 3 is 2.50 bits per heavy atom. The van der Waals surface area contributed by atoms with Crippen molar-refractivity contribution in [3.8, 4) is 0 Å². The quantitative estimate of drug-likeness (QED) is 0.717. The minimum atomic E-state index is -0.907. The molecule has 64 valence electrons. The lowest BCUT2D eigenvalue weighted by molar-refractivity contribution is 0.0728. The fraction of sp³-hybridized carbons (Fsp3) is 0.333. The Hall–Kier alpha value is -0.540. The fourth-order valence-electron chi connectivity index (χ4n) is 1.29.